The lowest BCUT2D eigenvalue weighted by molar-refractivity contribution is -0.128. The van der Waals surface area contributed by atoms with Crippen LogP contribution in [0.15, 0.2) is 0 Å². The number of carbonyl (C=O) groups is 1. The minimum atomic E-state index is 0.110. The number of likely N-dealkylation sites (tertiary alicyclic amines) is 2. The number of methoxy groups -OCH3 is 1. The second-order valence-electron chi connectivity index (χ2n) is 6.61. The Hall–Kier alpha value is -0.650. The molecule has 5 heteroatoms. The van der Waals surface area contributed by atoms with E-state index >= 15 is 0 Å². The number of nitrogens with one attached hydrogen (secondary N) is 1. The van der Waals surface area contributed by atoms with Crippen LogP contribution in [0.2, 0.25) is 0 Å². The molecule has 0 radical (unpaired) electrons. The highest BCUT2D eigenvalue weighted by molar-refractivity contribution is 5.82. The SMILES string of the molecule is CCN1CCCC[C@@H]1C(=O)NC1CCN(CCCOC)CC1. The van der Waals surface area contributed by atoms with Crippen molar-refractivity contribution in [2.24, 2.45) is 0 Å². The molecule has 0 saturated carbocycles. The molecule has 1 atom stereocenters. The molecule has 1 amide bonds. The summed E-state index contributed by atoms with van der Waals surface area (Å²) in [5.41, 5.74) is 0. The maximum atomic E-state index is 12.5. The monoisotopic (exact) mass is 311 g/mol. The number of piperidine rings is 2. The summed E-state index contributed by atoms with van der Waals surface area (Å²) < 4.78 is 5.11. The van der Waals surface area contributed by atoms with Crippen molar-refractivity contribution in [2.75, 3.05) is 46.4 Å². The van der Waals surface area contributed by atoms with Crippen molar-refractivity contribution in [3.63, 3.8) is 0 Å². The maximum absolute atomic E-state index is 12.5. The Morgan fingerprint density at radius 2 is 1.95 bits per heavy atom. The molecule has 0 bridgehead atoms. The average molecular weight is 311 g/mol. The summed E-state index contributed by atoms with van der Waals surface area (Å²) in [6.45, 7) is 8.35. The van der Waals surface area contributed by atoms with E-state index in [0.29, 0.717) is 6.04 Å². The van der Waals surface area contributed by atoms with E-state index in [1.807, 2.05) is 0 Å². The molecular weight excluding hydrogens is 278 g/mol. The van der Waals surface area contributed by atoms with Gasteiger partial charge in [0.2, 0.25) is 5.91 Å². The molecule has 2 heterocycles. The van der Waals surface area contributed by atoms with Gasteiger partial charge < -0.3 is 15.0 Å². The summed E-state index contributed by atoms with van der Waals surface area (Å²) in [4.78, 5) is 17.4. The standard InChI is InChI=1S/C17H33N3O2/c1-3-20-11-5-4-7-16(20)17(21)18-15-8-12-19(13-9-15)10-6-14-22-2/h15-16H,3-14H2,1-2H3,(H,18,21)/t16-/m1/s1. The zero-order valence-corrected chi connectivity index (χ0v) is 14.4. The van der Waals surface area contributed by atoms with Crippen LogP contribution in [0.3, 0.4) is 0 Å². The van der Waals surface area contributed by atoms with Gasteiger partial charge in [0.1, 0.15) is 0 Å². The minimum absolute atomic E-state index is 0.110. The number of carbonyl (C=O) groups excluding carboxylic acids is 1. The Morgan fingerprint density at radius 1 is 1.18 bits per heavy atom. The summed E-state index contributed by atoms with van der Waals surface area (Å²) in [6, 6.07) is 0.477. The quantitative estimate of drug-likeness (QED) is 0.723. The van der Waals surface area contributed by atoms with Gasteiger partial charge in [0.05, 0.1) is 6.04 Å². The van der Waals surface area contributed by atoms with Crippen LogP contribution in [-0.2, 0) is 9.53 Å². The lowest BCUT2D eigenvalue weighted by Crippen LogP contribution is -2.53. The van der Waals surface area contributed by atoms with Crippen LogP contribution in [0.25, 0.3) is 0 Å². The van der Waals surface area contributed by atoms with Crippen LogP contribution in [0.4, 0.5) is 0 Å². The summed E-state index contributed by atoms with van der Waals surface area (Å²) in [6.07, 6.45) is 6.70. The molecule has 2 aliphatic heterocycles. The Kier molecular flexibility index (Phi) is 7.63. The number of likely N-dealkylation sites (N-methyl/N-ethyl adjacent to an activating group) is 1. The van der Waals surface area contributed by atoms with Gasteiger partial charge in [0.25, 0.3) is 0 Å². The van der Waals surface area contributed by atoms with Crippen LogP contribution >= 0.6 is 0 Å². The summed E-state index contributed by atoms with van der Waals surface area (Å²) in [7, 11) is 1.76. The van der Waals surface area contributed by atoms with Gasteiger partial charge in [-0.2, -0.15) is 0 Å². The second-order valence-corrected chi connectivity index (χ2v) is 6.61. The number of hydrogen-bond donors (Lipinski definition) is 1. The first kappa shape index (κ1) is 17.7. The van der Waals surface area contributed by atoms with E-state index in [0.717, 1.165) is 65.0 Å². The van der Waals surface area contributed by atoms with Gasteiger partial charge in [0, 0.05) is 39.4 Å². The first-order valence-electron chi connectivity index (χ1n) is 9.00. The highest BCUT2D eigenvalue weighted by atomic mass is 16.5. The zero-order chi connectivity index (χ0) is 15.8. The summed E-state index contributed by atoms with van der Waals surface area (Å²) in [5.74, 6) is 0.263. The van der Waals surface area contributed by atoms with Gasteiger partial charge in [-0.25, -0.2) is 0 Å². The van der Waals surface area contributed by atoms with Crippen molar-refractivity contribution < 1.29 is 9.53 Å². The van der Waals surface area contributed by atoms with Crippen molar-refractivity contribution in [1.82, 2.24) is 15.1 Å². The van der Waals surface area contributed by atoms with Crippen molar-refractivity contribution in [3.8, 4) is 0 Å². The van der Waals surface area contributed by atoms with Gasteiger partial charge in [0.15, 0.2) is 0 Å². The fourth-order valence-electron chi connectivity index (χ4n) is 3.70. The molecule has 2 aliphatic rings. The molecule has 2 rings (SSSR count). The van der Waals surface area contributed by atoms with Crippen LogP contribution in [-0.4, -0.2) is 74.2 Å². The third-order valence-corrected chi connectivity index (χ3v) is 5.08. The van der Waals surface area contributed by atoms with Gasteiger partial charge in [-0.05, 0) is 45.2 Å². The fourth-order valence-corrected chi connectivity index (χ4v) is 3.70. The van der Waals surface area contributed by atoms with Gasteiger partial charge >= 0.3 is 0 Å². The lowest BCUT2D eigenvalue weighted by atomic mass is 9.99. The van der Waals surface area contributed by atoms with Gasteiger partial charge in [-0.15, -0.1) is 0 Å². The van der Waals surface area contributed by atoms with Crippen molar-refractivity contribution >= 4 is 5.91 Å². The zero-order valence-electron chi connectivity index (χ0n) is 14.4. The van der Waals surface area contributed by atoms with E-state index < -0.39 is 0 Å². The largest absolute Gasteiger partial charge is 0.385 e. The van der Waals surface area contributed by atoms with Crippen molar-refractivity contribution in [2.45, 2.75) is 57.5 Å². The normalized spacial score (nSPS) is 25.3. The predicted molar refractivity (Wildman–Crippen MR) is 89.0 cm³/mol. The molecule has 2 fully saturated rings. The van der Waals surface area contributed by atoms with E-state index in [4.69, 9.17) is 4.74 Å². The molecule has 0 unspecified atom stereocenters. The van der Waals surface area contributed by atoms with Crippen LogP contribution < -0.4 is 5.32 Å². The molecule has 1 N–H and O–H groups in total. The number of nitrogens with zero attached hydrogens (tertiary/aromatic N) is 2. The Labute approximate surface area is 135 Å². The molecule has 0 aromatic heterocycles. The van der Waals surface area contributed by atoms with Crippen LogP contribution in [0, 0.1) is 0 Å². The predicted octanol–water partition coefficient (Wildman–Crippen LogP) is 1.48. The number of hydrogen-bond acceptors (Lipinski definition) is 4. The highest BCUT2D eigenvalue weighted by Crippen LogP contribution is 2.18. The third-order valence-electron chi connectivity index (χ3n) is 5.08. The van der Waals surface area contributed by atoms with Gasteiger partial charge in [-0.3, -0.25) is 9.69 Å². The molecule has 0 aromatic rings. The first-order valence-corrected chi connectivity index (χ1v) is 9.00. The Balaban J connectivity index is 1.69. The molecule has 128 valence electrons. The minimum Gasteiger partial charge on any atom is -0.385 e. The molecule has 2 saturated heterocycles. The Morgan fingerprint density at radius 3 is 2.64 bits per heavy atom. The molecular formula is C17H33N3O2. The summed E-state index contributed by atoms with van der Waals surface area (Å²) >= 11 is 0. The Bertz CT molecular complexity index is 330. The van der Waals surface area contributed by atoms with Crippen molar-refractivity contribution in [3.05, 3.63) is 0 Å². The molecule has 0 aliphatic carbocycles. The molecule has 22 heavy (non-hydrogen) atoms. The maximum Gasteiger partial charge on any atom is 0.237 e. The van der Waals surface area contributed by atoms with Crippen LogP contribution in [0.1, 0.15) is 45.4 Å². The summed E-state index contributed by atoms with van der Waals surface area (Å²) in [5, 5.41) is 3.31. The first-order chi connectivity index (χ1) is 10.7. The topological polar surface area (TPSA) is 44.8 Å². The highest BCUT2D eigenvalue weighted by Gasteiger charge is 2.29. The number of amides is 1. The van der Waals surface area contributed by atoms with E-state index in [2.05, 4.69) is 22.0 Å². The molecule has 0 aromatic carbocycles. The van der Waals surface area contributed by atoms with E-state index in [9.17, 15) is 4.79 Å². The lowest BCUT2D eigenvalue weighted by Gasteiger charge is -2.36. The molecule has 0 spiro atoms. The third kappa shape index (κ3) is 5.21. The average Bonchev–Trinajstić information content (AvgIpc) is 2.56. The van der Waals surface area contributed by atoms with E-state index in [1.165, 1.54) is 12.8 Å². The smallest absolute Gasteiger partial charge is 0.237 e. The van der Waals surface area contributed by atoms with Crippen molar-refractivity contribution in [1.29, 1.82) is 0 Å². The fraction of sp³-hybridized carbons (Fsp3) is 0.941. The molecule has 5 nitrogen and oxygen atoms in total. The van der Waals surface area contributed by atoms with Gasteiger partial charge in [-0.1, -0.05) is 13.3 Å². The van der Waals surface area contributed by atoms with E-state index in [-0.39, 0.29) is 11.9 Å². The number of rotatable bonds is 7. The van der Waals surface area contributed by atoms with Crippen LogP contribution in [0.5, 0.6) is 0 Å². The number of ether oxygens (including phenoxy) is 1. The van der Waals surface area contributed by atoms with E-state index in [1.54, 1.807) is 7.11 Å². The second kappa shape index (κ2) is 9.48.